The SMILES string of the molecule is CNc1ccc(C(=O)N(C)c2ccc(C)cc2C)cn1. The molecule has 0 aliphatic rings. The van der Waals surface area contributed by atoms with Gasteiger partial charge in [-0.1, -0.05) is 17.7 Å². The van der Waals surface area contributed by atoms with E-state index in [1.54, 1.807) is 37.3 Å². The summed E-state index contributed by atoms with van der Waals surface area (Å²) >= 11 is 0. The van der Waals surface area contributed by atoms with Crippen molar-refractivity contribution >= 4 is 17.4 Å². The molecule has 0 unspecified atom stereocenters. The van der Waals surface area contributed by atoms with Gasteiger partial charge < -0.3 is 10.2 Å². The van der Waals surface area contributed by atoms with Crippen molar-refractivity contribution in [3.05, 3.63) is 53.2 Å². The smallest absolute Gasteiger partial charge is 0.259 e. The van der Waals surface area contributed by atoms with Gasteiger partial charge in [0.15, 0.2) is 0 Å². The van der Waals surface area contributed by atoms with Crippen LogP contribution in [-0.4, -0.2) is 25.0 Å². The molecule has 1 N–H and O–H groups in total. The third-order valence-electron chi connectivity index (χ3n) is 3.28. The molecule has 0 aliphatic heterocycles. The van der Waals surface area contributed by atoms with E-state index in [0.29, 0.717) is 5.56 Å². The summed E-state index contributed by atoms with van der Waals surface area (Å²) in [6.07, 6.45) is 1.59. The molecule has 0 saturated heterocycles. The molecule has 0 fully saturated rings. The first-order valence-corrected chi connectivity index (χ1v) is 6.52. The van der Waals surface area contributed by atoms with Gasteiger partial charge in [0, 0.05) is 26.0 Å². The Labute approximate surface area is 119 Å². The molecule has 1 aromatic heterocycles. The highest BCUT2D eigenvalue weighted by molar-refractivity contribution is 6.06. The van der Waals surface area contributed by atoms with Crippen molar-refractivity contribution in [3.63, 3.8) is 0 Å². The van der Waals surface area contributed by atoms with Gasteiger partial charge in [-0.05, 0) is 37.6 Å². The first kappa shape index (κ1) is 14.1. The van der Waals surface area contributed by atoms with Crippen LogP contribution in [0.5, 0.6) is 0 Å². The fourth-order valence-electron chi connectivity index (χ4n) is 2.15. The maximum absolute atomic E-state index is 12.4. The van der Waals surface area contributed by atoms with Gasteiger partial charge >= 0.3 is 0 Å². The van der Waals surface area contributed by atoms with Crippen molar-refractivity contribution < 1.29 is 4.79 Å². The molecule has 1 heterocycles. The summed E-state index contributed by atoms with van der Waals surface area (Å²) in [6.45, 7) is 4.05. The van der Waals surface area contributed by atoms with E-state index in [4.69, 9.17) is 0 Å². The number of carbonyl (C=O) groups is 1. The van der Waals surface area contributed by atoms with Gasteiger partial charge in [-0.3, -0.25) is 4.79 Å². The molecule has 0 atom stereocenters. The molecule has 4 heteroatoms. The van der Waals surface area contributed by atoms with Crippen LogP contribution in [0, 0.1) is 13.8 Å². The lowest BCUT2D eigenvalue weighted by atomic mass is 10.1. The molecular formula is C16H19N3O. The highest BCUT2D eigenvalue weighted by atomic mass is 16.2. The molecule has 104 valence electrons. The number of hydrogen-bond donors (Lipinski definition) is 1. The van der Waals surface area contributed by atoms with Crippen molar-refractivity contribution in [3.8, 4) is 0 Å². The van der Waals surface area contributed by atoms with Crippen LogP contribution < -0.4 is 10.2 Å². The molecule has 0 aliphatic carbocycles. The van der Waals surface area contributed by atoms with E-state index in [-0.39, 0.29) is 5.91 Å². The van der Waals surface area contributed by atoms with E-state index in [0.717, 1.165) is 17.1 Å². The van der Waals surface area contributed by atoms with Crippen molar-refractivity contribution in [2.75, 3.05) is 24.3 Å². The van der Waals surface area contributed by atoms with Crippen LogP contribution in [0.1, 0.15) is 21.5 Å². The lowest BCUT2D eigenvalue weighted by molar-refractivity contribution is 0.0992. The van der Waals surface area contributed by atoms with Gasteiger partial charge in [-0.25, -0.2) is 4.98 Å². The number of benzene rings is 1. The predicted octanol–water partition coefficient (Wildman–Crippen LogP) is 3.02. The average Bonchev–Trinajstić information content (AvgIpc) is 2.46. The first-order valence-electron chi connectivity index (χ1n) is 6.52. The van der Waals surface area contributed by atoms with Gasteiger partial charge in [0.2, 0.25) is 0 Å². The Hall–Kier alpha value is -2.36. The highest BCUT2D eigenvalue weighted by Crippen LogP contribution is 2.21. The van der Waals surface area contributed by atoms with Crippen molar-refractivity contribution in [1.82, 2.24) is 4.98 Å². The highest BCUT2D eigenvalue weighted by Gasteiger charge is 2.15. The molecule has 0 saturated carbocycles. The number of carbonyl (C=O) groups excluding carboxylic acids is 1. The summed E-state index contributed by atoms with van der Waals surface area (Å²) < 4.78 is 0. The van der Waals surface area contributed by atoms with Crippen molar-refractivity contribution in [2.45, 2.75) is 13.8 Å². The lowest BCUT2D eigenvalue weighted by Gasteiger charge is -2.20. The fourth-order valence-corrected chi connectivity index (χ4v) is 2.15. The van der Waals surface area contributed by atoms with E-state index in [2.05, 4.69) is 16.4 Å². The first-order chi connectivity index (χ1) is 9.52. The molecule has 0 radical (unpaired) electrons. The van der Waals surface area contributed by atoms with Crippen LogP contribution in [0.2, 0.25) is 0 Å². The standard InChI is InChI=1S/C16H19N3O/c1-11-5-7-14(12(2)9-11)19(4)16(20)13-6-8-15(17-3)18-10-13/h5-10H,1-4H3,(H,17,18). The van der Waals surface area contributed by atoms with E-state index >= 15 is 0 Å². The minimum absolute atomic E-state index is 0.0629. The van der Waals surface area contributed by atoms with E-state index in [1.807, 2.05) is 26.0 Å². The largest absolute Gasteiger partial charge is 0.373 e. The molecule has 1 aromatic carbocycles. The normalized spacial score (nSPS) is 10.2. The minimum Gasteiger partial charge on any atom is -0.373 e. The Kier molecular flexibility index (Phi) is 4.03. The Morgan fingerprint density at radius 2 is 1.95 bits per heavy atom. The Morgan fingerprint density at radius 3 is 2.50 bits per heavy atom. The van der Waals surface area contributed by atoms with Crippen LogP contribution in [-0.2, 0) is 0 Å². The second kappa shape index (κ2) is 5.74. The zero-order chi connectivity index (χ0) is 14.7. The molecule has 2 rings (SSSR count). The van der Waals surface area contributed by atoms with Gasteiger partial charge in [0.05, 0.1) is 5.56 Å². The molecule has 0 bridgehead atoms. The lowest BCUT2D eigenvalue weighted by Crippen LogP contribution is -2.27. The number of hydrogen-bond acceptors (Lipinski definition) is 3. The second-order valence-corrected chi connectivity index (χ2v) is 4.84. The van der Waals surface area contributed by atoms with Crippen LogP contribution in [0.3, 0.4) is 0 Å². The molecule has 0 spiro atoms. The number of aromatic nitrogens is 1. The van der Waals surface area contributed by atoms with Gasteiger partial charge in [-0.2, -0.15) is 0 Å². The van der Waals surface area contributed by atoms with E-state index in [9.17, 15) is 4.79 Å². The average molecular weight is 269 g/mol. The quantitative estimate of drug-likeness (QED) is 0.931. The third kappa shape index (κ3) is 2.79. The predicted molar refractivity (Wildman–Crippen MR) is 82.4 cm³/mol. The summed E-state index contributed by atoms with van der Waals surface area (Å²) in [5.74, 6) is 0.683. The maximum Gasteiger partial charge on any atom is 0.259 e. The number of amides is 1. The molecular weight excluding hydrogens is 250 g/mol. The van der Waals surface area contributed by atoms with Gasteiger partial charge in [0.1, 0.15) is 5.82 Å². The van der Waals surface area contributed by atoms with Crippen LogP contribution >= 0.6 is 0 Å². The summed E-state index contributed by atoms with van der Waals surface area (Å²) in [7, 11) is 3.58. The number of aryl methyl sites for hydroxylation is 2. The molecule has 1 amide bonds. The summed E-state index contributed by atoms with van der Waals surface area (Å²) in [4.78, 5) is 18.3. The minimum atomic E-state index is -0.0629. The number of anilines is 2. The Morgan fingerprint density at radius 1 is 1.20 bits per heavy atom. The second-order valence-electron chi connectivity index (χ2n) is 4.84. The topological polar surface area (TPSA) is 45.2 Å². The number of nitrogens with zero attached hydrogens (tertiary/aromatic N) is 2. The molecule has 20 heavy (non-hydrogen) atoms. The number of nitrogens with one attached hydrogen (secondary N) is 1. The maximum atomic E-state index is 12.4. The number of pyridine rings is 1. The van der Waals surface area contributed by atoms with Gasteiger partial charge in [0.25, 0.3) is 5.91 Å². The van der Waals surface area contributed by atoms with Crippen LogP contribution in [0.25, 0.3) is 0 Å². The van der Waals surface area contributed by atoms with Gasteiger partial charge in [-0.15, -0.1) is 0 Å². The summed E-state index contributed by atoms with van der Waals surface area (Å²) in [5.41, 5.74) is 3.76. The zero-order valence-electron chi connectivity index (χ0n) is 12.3. The monoisotopic (exact) mass is 269 g/mol. The Bertz CT molecular complexity index is 620. The summed E-state index contributed by atoms with van der Waals surface area (Å²) in [6, 6.07) is 9.62. The third-order valence-corrected chi connectivity index (χ3v) is 3.28. The van der Waals surface area contributed by atoms with Crippen LogP contribution in [0.4, 0.5) is 11.5 Å². The Balaban J connectivity index is 2.27. The van der Waals surface area contributed by atoms with E-state index in [1.165, 1.54) is 5.56 Å². The van der Waals surface area contributed by atoms with Crippen molar-refractivity contribution in [1.29, 1.82) is 0 Å². The van der Waals surface area contributed by atoms with Crippen molar-refractivity contribution in [2.24, 2.45) is 0 Å². The summed E-state index contributed by atoms with van der Waals surface area (Å²) in [5, 5.41) is 2.93. The number of rotatable bonds is 3. The molecule has 4 nitrogen and oxygen atoms in total. The van der Waals surface area contributed by atoms with Crippen LogP contribution in [0.15, 0.2) is 36.5 Å². The fraction of sp³-hybridized carbons (Fsp3) is 0.250. The molecule has 2 aromatic rings. The van der Waals surface area contributed by atoms with E-state index < -0.39 is 0 Å². The zero-order valence-corrected chi connectivity index (χ0v) is 12.3.